The van der Waals surface area contributed by atoms with Crippen LogP contribution in [-0.2, 0) is 0 Å². The van der Waals surface area contributed by atoms with E-state index in [0.717, 1.165) is 0 Å². The summed E-state index contributed by atoms with van der Waals surface area (Å²) < 4.78 is 13.4. The molecule has 0 aromatic heterocycles. The van der Waals surface area contributed by atoms with Gasteiger partial charge in [0.25, 0.3) is 0 Å². The van der Waals surface area contributed by atoms with Crippen LogP contribution in [0.2, 0.25) is 0 Å². The number of benzene rings is 1. The minimum Gasteiger partial charge on any atom is -0.394 e. The van der Waals surface area contributed by atoms with Gasteiger partial charge in [-0.15, -0.1) is 0 Å². The second-order valence-electron chi connectivity index (χ2n) is 2.43. The maximum absolute atomic E-state index is 12.9. The van der Waals surface area contributed by atoms with Gasteiger partial charge < -0.3 is 10.8 Å². The summed E-state index contributed by atoms with van der Waals surface area (Å²) in [6, 6.07) is 4.18. The summed E-state index contributed by atoms with van der Waals surface area (Å²) in [6.07, 6.45) is 0. The highest BCUT2D eigenvalue weighted by molar-refractivity contribution is 14.1. The fourth-order valence-electron chi connectivity index (χ4n) is 0.905. The van der Waals surface area contributed by atoms with Crippen LogP contribution in [0.3, 0.4) is 0 Å². The SMILES string of the molecule is NC(CO)c1cccc(F)c1I. The van der Waals surface area contributed by atoms with Gasteiger partial charge >= 0.3 is 0 Å². The third-order valence-corrected chi connectivity index (χ3v) is 2.72. The molecule has 0 radical (unpaired) electrons. The Morgan fingerprint density at radius 3 is 2.83 bits per heavy atom. The van der Waals surface area contributed by atoms with Crippen LogP contribution in [0.5, 0.6) is 0 Å². The highest BCUT2D eigenvalue weighted by Gasteiger charge is 2.10. The van der Waals surface area contributed by atoms with E-state index in [1.807, 2.05) is 22.6 Å². The topological polar surface area (TPSA) is 46.2 Å². The molecule has 0 spiro atoms. The van der Waals surface area contributed by atoms with Gasteiger partial charge in [-0.3, -0.25) is 0 Å². The Labute approximate surface area is 83.7 Å². The molecule has 1 atom stereocenters. The largest absolute Gasteiger partial charge is 0.394 e. The molecule has 12 heavy (non-hydrogen) atoms. The van der Waals surface area contributed by atoms with E-state index in [2.05, 4.69) is 0 Å². The van der Waals surface area contributed by atoms with Crippen LogP contribution in [0.4, 0.5) is 4.39 Å². The zero-order valence-electron chi connectivity index (χ0n) is 6.30. The normalized spacial score (nSPS) is 13.0. The van der Waals surface area contributed by atoms with Crippen molar-refractivity contribution in [2.45, 2.75) is 6.04 Å². The summed E-state index contributed by atoms with van der Waals surface area (Å²) in [5.41, 5.74) is 6.19. The minimum absolute atomic E-state index is 0.167. The second kappa shape index (κ2) is 4.15. The molecular formula is C8H9FINO. The molecule has 0 saturated carbocycles. The number of rotatable bonds is 2. The van der Waals surface area contributed by atoms with E-state index in [-0.39, 0.29) is 12.4 Å². The first-order valence-corrected chi connectivity index (χ1v) is 4.55. The highest BCUT2D eigenvalue weighted by Crippen LogP contribution is 2.20. The van der Waals surface area contributed by atoms with E-state index in [0.29, 0.717) is 9.13 Å². The Hall–Kier alpha value is -0.200. The molecule has 1 unspecified atom stereocenters. The van der Waals surface area contributed by atoms with Crippen molar-refractivity contribution in [1.29, 1.82) is 0 Å². The molecule has 0 bridgehead atoms. The lowest BCUT2D eigenvalue weighted by Gasteiger charge is -2.10. The first kappa shape index (κ1) is 9.88. The summed E-state index contributed by atoms with van der Waals surface area (Å²) in [5, 5.41) is 8.75. The van der Waals surface area contributed by atoms with Crippen LogP contribution in [0, 0.1) is 9.39 Å². The van der Waals surface area contributed by atoms with Gasteiger partial charge in [-0.1, -0.05) is 12.1 Å². The Kier molecular flexibility index (Phi) is 3.42. The number of nitrogens with two attached hydrogens (primary N) is 1. The van der Waals surface area contributed by atoms with Crippen LogP contribution in [0.25, 0.3) is 0 Å². The number of hydrogen-bond donors (Lipinski definition) is 2. The third kappa shape index (κ3) is 1.94. The smallest absolute Gasteiger partial charge is 0.136 e. The van der Waals surface area contributed by atoms with E-state index in [9.17, 15) is 4.39 Å². The van der Waals surface area contributed by atoms with E-state index < -0.39 is 6.04 Å². The van der Waals surface area contributed by atoms with Gasteiger partial charge in [0, 0.05) is 0 Å². The zero-order valence-corrected chi connectivity index (χ0v) is 8.45. The van der Waals surface area contributed by atoms with Crippen LogP contribution in [0.15, 0.2) is 18.2 Å². The van der Waals surface area contributed by atoms with Crippen molar-refractivity contribution in [3.05, 3.63) is 33.1 Å². The molecule has 1 rings (SSSR count). The first-order valence-electron chi connectivity index (χ1n) is 3.47. The van der Waals surface area contributed by atoms with Crippen molar-refractivity contribution in [2.75, 3.05) is 6.61 Å². The predicted molar refractivity (Wildman–Crippen MR) is 53.1 cm³/mol. The van der Waals surface area contributed by atoms with Crippen molar-refractivity contribution >= 4 is 22.6 Å². The third-order valence-electron chi connectivity index (χ3n) is 1.58. The second-order valence-corrected chi connectivity index (χ2v) is 3.51. The van der Waals surface area contributed by atoms with Gasteiger partial charge in [-0.25, -0.2) is 4.39 Å². The first-order chi connectivity index (χ1) is 5.66. The van der Waals surface area contributed by atoms with Crippen LogP contribution in [-0.4, -0.2) is 11.7 Å². The summed E-state index contributed by atoms with van der Waals surface area (Å²) >= 11 is 1.88. The Balaban J connectivity index is 3.07. The Morgan fingerprint density at radius 1 is 1.58 bits per heavy atom. The predicted octanol–water partition coefficient (Wildman–Crippen LogP) is 1.42. The van der Waals surface area contributed by atoms with Gasteiger partial charge in [-0.05, 0) is 34.2 Å². The number of aliphatic hydroxyl groups is 1. The average molecular weight is 281 g/mol. The minimum atomic E-state index is -0.493. The molecule has 0 fully saturated rings. The quantitative estimate of drug-likeness (QED) is 0.805. The maximum atomic E-state index is 12.9. The number of aliphatic hydroxyl groups excluding tert-OH is 1. The van der Waals surface area contributed by atoms with Crippen LogP contribution >= 0.6 is 22.6 Å². The lowest BCUT2D eigenvalue weighted by molar-refractivity contribution is 0.267. The van der Waals surface area contributed by atoms with Crippen molar-refractivity contribution in [1.82, 2.24) is 0 Å². The van der Waals surface area contributed by atoms with Gasteiger partial charge in [-0.2, -0.15) is 0 Å². The van der Waals surface area contributed by atoms with Crippen LogP contribution < -0.4 is 5.73 Å². The van der Waals surface area contributed by atoms with Crippen molar-refractivity contribution < 1.29 is 9.50 Å². The molecule has 0 aliphatic rings. The molecule has 3 N–H and O–H groups in total. The lowest BCUT2D eigenvalue weighted by Crippen LogP contribution is -2.16. The molecule has 0 amide bonds. The molecule has 0 heterocycles. The molecule has 0 aliphatic heterocycles. The lowest BCUT2D eigenvalue weighted by atomic mass is 10.1. The van der Waals surface area contributed by atoms with Crippen molar-refractivity contribution in [3.63, 3.8) is 0 Å². The Bertz CT molecular complexity index is 280. The van der Waals surface area contributed by atoms with Crippen LogP contribution in [0.1, 0.15) is 11.6 Å². The highest BCUT2D eigenvalue weighted by atomic mass is 127. The Morgan fingerprint density at radius 2 is 2.25 bits per heavy atom. The molecule has 1 aromatic carbocycles. The van der Waals surface area contributed by atoms with Gasteiger partial charge in [0.05, 0.1) is 16.2 Å². The standard InChI is InChI=1S/C8H9FINO/c9-6-3-1-2-5(8(6)10)7(11)4-12/h1-3,7,12H,4,11H2. The summed E-state index contributed by atoms with van der Waals surface area (Å²) in [6.45, 7) is -0.167. The number of hydrogen-bond acceptors (Lipinski definition) is 2. The van der Waals surface area contributed by atoms with E-state index in [4.69, 9.17) is 10.8 Å². The fraction of sp³-hybridized carbons (Fsp3) is 0.250. The fourth-order valence-corrected chi connectivity index (χ4v) is 1.66. The maximum Gasteiger partial charge on any atom is 0.136 e. The molecule has 4 heteroatoms. The molecule has 66 valence electrons. The zero-order chi connectivity index (χ0) is 9.14. The summed E-state index contributed by atoms with van der Waals surface area (Å²) in [4.78, 5) is 0. The van der Waals surface area contributed by atoms with E-state index >= 15 is 0 Å². The molecular weight excluding hydrogens is 272 g/mol. The van der Waals surface area contributed by atoms with Crippen molar-refractivity contribution in [3.8, 4) is 0 Å². The molecule has 1 aromatic rings. The molecule has 0 aliphatic carbocycles. The van der Waals surface area contributed by atoms with E-state index in [1.165, 1.54) is 6.07 Å². The molecule has 2 nitrogen and oxygen atoms in total. The van der Waals surface area contributed by atoms with Gasteiger partial charge in [0.15, 0.2) is 0 Å². The summed E-state index contributed by atoms with van der Waals surface area (Å²) in [7, 11) is 0. The van der Waals surface area contributed by atoms with Gasteiger partial charge in [0.2, 0.25) is 0 Å². The number of halogens is 2. The van der Waals surface area contributed by atoms with Crippen molar-refractivity contribution in [2.24, 2.45) is 5.73 Å². The monoisotopic (exact) mass is 281 g/mol. The summed E-state index contributed by atoms with van der Waals surface area (Å²) in [5.74, 6) is -0.294. The average Bonchev–Trinajstić information content (AvgIpc) is 2.08. The molecule has 0 saturated heterocycles. The van der Waals surface area contributed by atoms with Gasteiger partial charge in [0.1, 0.15) is 5.82 Å². The van der Waals surface area contributed by atoms with E-state index in [1.54, 1.807) is 12.1 Å².